The maximum absolute atomic E-state index is 8.86. The van der Waals surface area contributed by atoms with E-state index < -0.39 is 0 Å². The van der Waals surface area contributed by atoms with E-state index >= 15 is 0 Å². The molecule has 0 bridgehead atoms. The van der Waals surface area contributed by atoms with Crippen molar-refractivity contribution in [2.45, 2.75) is 18.9 Å². The monoisotopic (exact) mass is 244 g/mol. The van der Waals surface area contributed by atoms with Gasteiger partial charge in [0, 0.05) is 25.3 Å². The van der Waals surface area contributed by atoms with Crippen LogP contribution in [-0.2, 0) is 0 Å². The summed E-state index contributed by atoms with van der Waals surface area (Å²) in [6.07, 6.45) is 2.54. The van der Waals surface area contributed by atoms with Crippen molar-refractivity contribution >= 4 is 11.4 Å². The molecule has 4 heteroatoms. The van der Waals surface area contributed by atoms with Crippen LogP contribution >= 0.6 is 0 Å². The molecule has 2 N–H and O–H groups in total. The number of hydrogen-bond acceptors (Lipinski definition) is 4. The van der Waals surface area contributed by atoms with E-state index in [0.717, 1.165) is 12.2 Å². The Morgan fingerprint density at radius 3 is 2.89 bits per heavy atom. The normalized spacial score (nSPS) is 19.7. The third kappa shape index (κ3) is 2.57. The minimum atomic E-state index is 0.546. The molecule has 18 heavy (non-hydrogen) atoms. The maximum Gasteiger partial charge on any atom is 0.101 e. The van der Waals surface area contributed by atoms with Crippen LogP contribution in [0.4, 0.5) is 11.4 Å². The Labute approximate surface area is 109 Å². The largest absolute Gasteiger partial charge is 0.398 e. The number of nitrogen functional groups attached to an aromatic ring is 1. The van der Waals surface area contributed by atoms with Gasteiger partial charge in [-0.15, -0.1) is 0 Å². The molecule has 1 aliphatic heterocycles. The van der Waals surface area contributed by atoms with Gasteiger partial charge in [0.1, 0.15) is 6.07 Å². The standard InChI is InChI=1S/C14H20N4/c1-17-7-3-4-13(17)10-18(2)12-6-5-11(9-15)14(16)8-12/h5-6,8,13H,3-4,7,10,16H2,1-2H3. The van der Waals surface area contributed by atoms with Crippen LogP contribution in [0, 0.1) is 11.3 Å². The van der Waals surface area contributed by atoms with Crippen LogP contribution in [0.3, 0.4) is 0 Å². The van der Waals surface area contributed by atoms with E-state index in [1.54, 1.807) is 6.07 Å². The molecule has 1 atom stereocenters. The van der Waals surface area contributed by atoms with Crippen molar-refractivity contribution in [3.63, 3.8) is 0 Å². The highest BCUT2D eigenvalue weighted by molar-refractivity contribution is 5.63. The first kappa shape index (κ1) is 12.7. The number of anilines is 2. The summed E-state index contributed by atoms with van der Waals surface area (Å²) in [5.74, 6) is 0. The number of likely N-dealkylation sites (N-methyl/N-ethyl adjacent to an activating group) is 2. The Balaban J connectivity index is 2.07. The molecule has 0 radical (unpaired) electrons. The number of rotatable bonds is 3. The lowest BCUT2D eigenvalue weighted by Gasteiger charge is -2.27. The van der Waals surface area contributed by atoms with Gasteiger partial charge in [-0.1, -0.05) is 0 Å². The van der Waals surface area contributed by atoms with Crippen LogP contribution in [0.25, 0.3) is 0 Å². The average Bonchev–Trinajstić information content (AvgIpc) is 2.75. The van der Waals surface area contributed by atoms with Gasteiger partial charge in [-0.2, -0.15) is 5.26 Å². The molecule has 1 fully saturated rings. The zero-order valence-electron chi connectivity index (χ0n) is 11.1. The Kier molecular flexibility index (Phi) is 3.73. The lowest BCUT2D eigenvalue weighted by molar-refractivity contribution is 0.314. The van der Waals surface area contributed by atoms with Crippen LogP contribution in [0.15, 0.2) is 18.2 Å². The molecule has 96 valence electrons. The Hall–Kier alpha value is -1.73. The summed E-state index contributed by atoms with van der Waals surface area (Å²) in [5, 5.41) is 8.86. The molecule has 1 aliphatic rings. The van der Waals surface area contributed by atoms with E-state index in [2.05, 4.69) is 30.0 Å². The summed E-state index contributed by atoms with van der Waals surface area (Å²) >= 11 is 0. The van der Waals surface area contributed by atoms with E-state index in [1.807, 2.05) is 12.1 Å². The lowest BCUT2D eigenvalue weighted by Crippen LogP contribution is -2.36. The fourth-order valence-corrected chi connectivity index (χ4v) is 2.52. The molecule has 0 aliphatic carbocycles. The minimum Gasteiger partial charge on any atom is -0.398 e. The Morgan fingerprint density at radius 1 is 1.56 bits per heavy atom. The number of nitrogens with two attached hydrogens (primary N) is 1. The van der Waals surface area contributed by atoms with E-state index in [0.29, 0.717) is 17.3 Å². The number of nitriles is 1. The van der Waals surface area contributed by atoms with Crippen molar-refractivity contribution in [3.8, 4) is 6.07 Å². The third-order valence-corrected chi connectivity index (χ3v) is 3.75. The Bertz CT molecular complexity index is 463. The van der Waals surface area contributed by atoms with Crippen LogP contribution < -0.4 is 10.6 Å². The second kappa shape index (κ2) is 5.28. The summed E-state index contributed by atoms with van der Waals surface area (Å²) in [5.41, 5.74) is 8.02. The zero-order chi connectivity index (χ0) is 13.1. The van der Waals surface area contributed by atoms with Crippen molar-refractivity contribution in [1.82, 2.24) is 4.90 Å². The zero-order valence-corrected chi connectivity index (χ0v) is 11.1. The molecule has 1 heterocycles. The van der Waals surface area contributed by atoms with Crippen LogP contribution in [-0.4, -0.2) is 38.1 Å². The predicted octanol–water partition coefficient (Wildman–Crippen LogP) is 1.67. The molecule has 1 aromatic carbocycles. The van der Waals surface area contributed by atoms with Crippen LogP contribution in [0.2, 0.25) is 0 Å². The van der Waals surface area contributed by atoms with Crippen molar-refractivity contribution in [1.29, 1.82) is 5.26 Å². The summed E-state index contributed by atoms with van der Waals surface area (Å²) in [4.78, 5) is 4.62. The Morgan fingerprint density at radius 2 is 2.33 bits per heavy atom. The average molecular weight is 244 g/mol. The second-order valence-electron chi connectivity index (χ2n) is 5.04. The van der Waals surface area contributed by atoms with Crippen LogP contribution in [0.1, 0.15) is 18.4 Å². The number of likely N-dealkylation sites (tertiary alicyclic amines) is 1. The SMILES string of the molecule is CN(CC1CCCN1C)c1ccc(C#N)c(N)c1. The number of hydrogen-bond donors (Lipinski definition) is 1. The van der Waals surface area contributed by atoms with Gasteiger partial charge in [0.05, 0.1) is 11.3 Å². The van der Waals surface area contributed by atoms with Crippen molar-refractivity contribution in [2.75, 3.05) is 37.8 Å². The van der Waals surface area contributed by atoms with Gasteiger partial charge in [0.15, 0.2) is 0 Å². The highest BCUT2D eigenvalue weighted by Gasteiger charge is 2.22. The molecule has 1 unspecified atom stereocenters. The molecular formula is C14H20N4. The van der Waals surface area contributed by atoms with Gasteiger partial charge < -0.3 is 15.5 Å². The summed E-state index contributed by atoms with van der Waals surface area (Å²) in [7, 11) is 4.26. The highest BCUT2D eigenvalue weighted by atomic mass is 15.2. The van der Waals surface area contributed by atoms with Crippen molar-refractivity contribution in [3.05, 3.63) is 23.8 Å². The molecule has 2 rings (SSSR count). The third-order valence-electron chi connectivity index (χ3n) is 3.75. The molecule has 1 aromatic rings. The second-order valence-corrected chi connectivity index (χ2v) is 5.04. The van der Waals surface area contributed by atoms with Gasteiger partial charge in [0.25, 0.3) is 0 Å². The maximum atomic E-state index is 8.86. The van der Waals surface area contributed by atoms with E-state index in [1.165, 1.54) is 19.4 Å². The van der Waals surface area contributed by atoms with Gasteiger partial charge in [0.2, 0.25) is 0 Å². The molecule has 0 aromatic heterocycles. The van der Waals surface area contributed by atoms with E-state index in [4.69, 9.17) is 11.0 Å². The summed E-state index contributed by atoms with van der Waals surface area (Å²) in [6, 6.07) is 8.34. The molecule has 0 saturated carbocycles. The fourth-order valence-electron chi connectivity index (χ4n) is 2.52. The molecule has 4 nitrogen and oxygen atoms in total. The first-order valence-electron chi connectivity index (χ1n) is 6.33. The minimum absolute atomic E-state index is 0.546. The smallest absolute Gasteiger partial charge is 0.101 e. The highest BCUT2D eigenvalue weighted by Crippen LogP contribution is 2.22. The van der Waals surface area contributed by atoms with Crippen molar-refractivity contribution < 1.29 is 0 Å². The summed E-state index contributed by atoms with van der Waals surface area (Å²) < 4.78 is 0. The van der Waals surface area contributed by atoms with E-state index in [-0.39, 0.29) is 0 Å². The first-order chi connectivity index (χ1) is 8.61. The molecule has 0 spiro atoms. The summed E-state index contributed by atoms with van der Waals surface area (Å²) in [6.45, 7) is 2.19. The van der Waals surface area contributed by atoms with Gasteiger partial charge in [-0.25, -0.2) is 0 Å². The topological polar surface area (TPSA) is 56.3 Å². The fraction of sp³-hybridized carbons (Fsp3) is 0.500. The first-order valence-corrected chi connectivity index (χ1v) is 6.33. The molecule has 0 amide bonds. The number of benzene rings is 1. The van der Waals surface area contributed by atoms with Crippen molar-refractivity contribution in [2.24, 2.45) is 0 Å². The van der Waals surface area contributed by atoms with E-state index in [9.17, 15) is 0 Å². The van der Waals surface area contributed by atoms with Crippen LogP contribution in [0.5, 0.6) is 0 Å². The molecular weight excluding hydrogens is 224 g/mol. The van der Waals surface area contributed by atoms with Gasteiger partial charge in [-0.05, 0) is 44.6 Å². The lowest BCUT2D eigenvalue weighted by atomic mass is 10.1. The quantitative estimate of drug-likeness (QED) is 0.822. The number of nitrogens with zero attached hydrogens (tertiary/aromatic N) is 3. The van der Waals surface area contributed by atoms with Gasteiger partial charge >= 0.3 is 0 Å². The predicted molar refractivity (Wildman–Crippen MR) is 74.5 cm³/mol. The van der Waals surface area contributed by atoms with Gasteiger partial charge in [-0.3, -0.25) is 0 Å². The molecule has 1 saturated heterocycles.